The fourth-order valence-electron chi connectivity index (χ4n) is 3.57. The standard InChI is InChI=1S/C20H21N3O4S3/c1-9-10(2)29-17(14(9)19(26)27-3)21-13(24)8-28-20-22-16(25)15-11-6-4-5-7-12(11)30-18(15)23-20/h4-8H2,1-3H3,(H,21,24)(H,22,23,25). The number of aromatic amines is 1. The molecule has 10 heteroatoms. The first-order valence-corrected chi connectivity index (χ1v) is 12.2. The summed E-state index contributed by atoms with van der Waals surface area (Å²) in [4.78, 5) is 47.5. The molecule has 3 heterocycles. The molecule has 0 atom stereocenters. The van der Waals surface area contributed by atoms with Crippen molar-refractivity contribution in [2.24, 2.45) is 0 Å². The summed E-state index contributed by atoms with van der Waals surface area (Å²) >= 11 is 4.09. The number of amides is 1. The molecule has 0 radical (unpaired) electrons. The van der Waals surface area contributed by atoms with Gasteiger partial charge in [0, 0.05) is 9.75 Å². The summed E-state index contributed by atoms with van der Waals surface area (Å²) in [6.45, 7) is 3.72. The minimum absolute atomic E-state index is 0.0656. The third-order valence-corrected chi connectivity index (χ3v) is 8.35. The highest BCUT2D eigenvalue weighted by Crippen LogP contribution is 2.35. The number of esters is 1. The molecule has 1 aliphatic rings. The maximum atomic E-state index is 12.6. The molecular formula is C20H21N3O4S3. The van der Waals surface area contributed by atoms with E-state index in [-0.39, 0.29) is 17.2 Å². The lowest BCUT2D eigenvalue weighted by Crippen LogP contribution is -2.17. The van der Waals surface area contributed by atoms with Gasteiger partial charge in [-0.3, -0.25) is 9.59 Å². The largest absolute Gasteiger partial charge is 0.465 e. The second kappa shape index (κ2) is 8.52. The van der Waals surface area contributed by atoms with Crippen molar-refractivity contribution in [1.29, 1.82) is 0 Å². The van der Waals surface area contributed by atoms with Crippen molar-refractivity contribution in [1.82, 2.24) is 9.97 Å². The second-order valence-electron chi connectivity index (χ2n) is 7.08. The van der Waals surface area contributed by atoms with Crippen molar-refractivity contribution in [3.63, 3.8) is 0 Å². The van der Waals surface area contributed by atoms with Gasteiger partial charge in [-0.2, -0.15) is 0 Å². The molecule has 158 valence electrons. The number of rotatable bonds is 5. The Hall–Kier alpha value is -2.17. The first-order chi connectivity index (χ1) is 14.4. The number of aryl methyl sites for hydroxylation is 3. The number of fused-ring (bicyclic) bond motifs is 3. The Balaban J connectivity index is 1.50. The van der Waals surface area contributed by atoms with Crippen LogP contribution in [0.15, 0.2) is 9.95 Å². The van der Waals surface area contributed by atoms with Crippen LogP contribution in [0.25, 0.3) is 10.2 Å². The minimum Gasteiger partial charge on any atom is -0.465 e. The minimum atomic E-state index is -0.474. The molecule has 3 aromatic heterocycles. The average Bonchev–Trinajstić information content (AvgIpc) is 3.23. The fourth-order valence-corrected chi connectivity index (χ4v) is 6.62. The van der Waals surface area contributed by atoms with E-state index in [1.54, 1.807) is 11.3 Å². The summed E-state index contributed by atoms with van der Waals surface area (Å²) in [5, 5.41) is 4.40. The lowest BCUT2D eigenvalue weighted by molar-refractivity contribution is -0.113. The van der Waals surface area contributed by atoms with Crippen molar-refractivity contribution < 1.29 is 14.3 Å². The molecule has 0 saturated heterocycles. The van der Waals surface area contributed by atoms with E-state index in [9.17, 15) is 14.4 Å². The van der Waals surface area contributed by atoms with Gasteiger partial charge in [-0.25, -0.2) is 9.78 Å². The molecule has 1 aliphatic carbocycles. The van der Waals surface area contributed by atoms with Crippen LogP contribution in [0.3, 0.4) is 0 Å². The molecule has 30 heavy (non-hydrogen) atoms. The molecule has 0 saturated carbocycles. The fraction of sp³-hybridized carbons (Fsp3) is 0.400. The van der Waals surface area contributed by atoms with Crippen molar-refractivity contribution >= 4 is 61.5 Å². The summed E-state index contributed by atoms with van der Waals surface area (Å²) in [6, 6.07) is 0. The molecule has 3 aromatic rings. The number of hydrogen-bond acceptors (Lipinski definition) is 8. The molecule has 4 rings (SSSR count). The molecule has 0 aliphatic heterocycles. The van der Waals surface area contributed by atoms with E-state index >= 15 is 0 Å². The van der Waals surface area contributed by atoms with Gasteiger partial charge in [-0.05, 0) is 50.7 Å². The van der Waals surface area contributed by atoms with E-state index in [4.69, 9.17) is 4.74 Å². The number of H-pyrrole nitrogens is 1. The summed E-state index contributed by atoms with van der Waals surface area (Å²) in [6.07, 6.45) is 4.18. The number of carbonyl (C=O) groups excluding carboxylic acids is 2. The molecule has 0 spiro atoms. The molecule has 0 unspecified atom stereocenters. The van der Waals surface area contributed by atoms with Gasteiger partial charge >= 0.3 is 5.97 Å². The predicted molar refractivity (Wildman–Crippen MR) is 121 cm³/mol. The van der Waals surface area contributed by atoms with Gasteiger partial charge in [-0.1, -0.05) is 11.8 Å². The second-order valence-corrected chi connectivity index (χ2v) is 10.4. The lowest BCUT2D eigenvalue weighted by atomic mass is 9.97. The Morgan fingerprint density at radius 1 is 1.23 bits per heavy atom. The molecule has 0 fully saturated rings. The first-order valence-electron chi connectivity index (χ1n) is 9.54. The van der Waals surface area contributed by atoms with Gasteiger partial charge in [0.05, 0.1) is 23.8 Å². The van der Waals surface area contributed by atoms with E-state index in [1.165, 1.54) is 35.1 Å². The van der Waals surface area contributed by atoms with Gasteiger partial charge < -0.3 is 15.0 Å². The number of nitrogens with one attached hydrogen (secondary N) is 2. The van der Waals surface area contributed by atoms with Crippen molar-refractivity contribution in [2.45, 2.75) is 44.7 Å². The maximum Gasteiger partial charge on any atom is 0.341 e. The Bertz CT molecular complexity index is 1210. The predicted octanol–water partition coefficient (Wildman–Crippen LogP) is 4.06. The van der Waals surface area contributed by atoms with Gasteiger partial charge in [0.15, 0.2) is 5.16 Å². The van der Waals surface area contributed by atoms with Gasteiger partial charge in [0.25, 0.3) is 5.56 Å². The highest BCUT2D eigenvalue weighted by Gasteiger charge is 2.22. The van der Waals surface area contributed by atoms with Crippen molar-refractivity contribution in [3.8, 4) is 0 Å². The summed E-state index contributed by atoms with van der Waals surface area (Å²) in [5.74, 6) is -0.687. The van der Waals surface area contributed by atoms with Crippen molar-refractivity contribution in [3.05, 3.63) is 36.8 Å². The SMILES string of the molecule is COC(=O)c1c(NC(=O)CSc2nc3sc4c(c3c(=O)[nH]2)CCCC4)sc(C)c1C. The van der Waals surface area contributed by atoms with Crippen LogP contribution in [0.1, 0.15) is 44.1 Å². The van der Waals surface area contributed by atoms with Crippen LogP contribution in [0, 0.1) is 13.8 Å². The zero-order valence-corrected chi connectivity index (χ0v) is 19.3. The van der Waals surface area contributed by atoms with E-state index in [0.29, 0.717) is 21.1 Å². The molecule has 0 aromatic carbocycles. The molecular weight excluding hydrogens is 442 g/mol. The first kappa shape index (κ1) is 21.1. The Morgan fingerprint density at radius 2 is 2.00 bits per heavy atom. The summed E-state index contributed by atoms with van der Waals surface area (Å²) in [5.41, 5.74) is 2.19. The Kier molecular flexibility index (Phi) is 5.99. The van der Waals surface area contributed by atoms with Crippen LogP contribution in [-0.4, -0.2) is 34.7 Å². The lowest BCUT2D eigenvalue weighted by Gasteiger charge is -2.09. The number of thioether (sulfide) groups is 1. The third-order valence-electron chi connectivity index (χ3n) is 5.17. The number of carbonyl (C=O) groups is 2. The third kappa shape index (κ3) is 3.91. The average molecular weight is 464 g/mol. The number of thiophene rings is 2. The Morgan fingerprint density at radius 3 is 2.77 bits per heavy atom. The molecule has 2 N–H and O–H groups in total. The quantitative estimate of drug-likeness (QED) is 0.336. The van der Waals surface area contributed by atoms with E-state index in [1.807, 2.05) is 13.8 Å². The normalized spacial score (nSPS) is 13.3. The van der Waals surface area contributed by atoms with Crippen LogP contribution in [0.2, 0.25) is 0 Å². The van der Waals surface area contributed by atoms with E-state index in [0.717, 1.165) is 46.5 Å². The highest BCUT2D eigenvalue weighted by atomic mass is 32.2. The topological polar surface area (TPSA) is 101 Å². The molecule has 0 bridgehead atoms. The summed E-state index contributed by atoms with van der Waals surface area (Å²) < 4.78 is 4.83. The molecule has 1 amide bonds. The monoisotopic (exact) mass is 463 g/mol. The zero-order valence-electron chi connectivity index (χ0n) is 16.8. The van der Waals surface area contributed by atoms with Crippen LogP contribution < -0.4 is 10.9 Å². The van der Waals surface area contributed by atoms with Gasteiger partial charge in [-0.15, -0.1) is 22.7 Å². The Labute approximate surface area is 185 Å². The maximum absolute atomic E-state index is 12.6. The van der Waals surface area contributed by atoms with E-state index in [2.05, 4.69) is 15.3 Å². The van der Waals surface area contributed by atoms with E-state index < -0.39 is 5.97 Å². The smallest absolute Gasteiger partial charge is 0.341 e. The van der Waals surface area contributed by atoms with Crippen LogP contribution in [0.5, 0.6) is 0 Å². The summed E-state index contributed by atoms with van der Waals surface area (Å²) in [7, 11) is 1.32. The van der Waals surface area contributed by atoms with Crippen LogP contribution >= 0.6 is 34.4 Å². The van der Waals surface area contributed by atoms with Gasteiger partial charge in [0.2, 0.25) is 5.91 Å². The number of hydrogen-bond donors (Lipinski definition) is 2. The number of methoxy groups -OCH3 is 1. The van der Waals surface area contributed by atoms with Gasteiger partial charge in [0.1, 0.15) is 9.83 Å². The van der Waals surface area contributed by atoms with Crippen LogP contribution in [-0.2, 0) is 22.4 Å². The molecule has 7 nitrogen and oxygen atoms in total. The zero-order chi connectivity index (χ0) is 21.4. The van der Waals surface area contributed by atoms with Crippen molar-refractivity contribution in [2.75, 3.05) is 18.2 Å². The highest BCUT2D eigenvalue weighted by molar-refractivity contribution is 7.99. The van der Waals surface area contributed by atoms with Crippen LogP contribution in [0.4, 0.5) is 5.00 Å². The number of nitrogens with zero attached hydrogens (tertiary/aromatic N) is 1. The number of aromatic nitrogens is 2. The number of ether oxygens (including phenoxy) is 1. The number of anilines is 1.